The van der Waals surface area contributed by atoms with E-state index in [0.29, 0.717) is 0 Å². The summed E-state index contributed by atoms with van der Waals surface area (Å²) in [6.45, 7) is 11.3. The third-order valence-corrected chi connectivity index (χ3v) is 3.29. The minimum Gasteiger partial charge on any atom is -0.444 e. The van der Waals surface area contributed by atoms with E-state index in [4.69, 9.17) is 9.47 Å². The molecule has 2 N–H and O–H groups in total. The molecule has 0 aromatic heterocycles. The van der Waals surface area contributed by atoms with Crippen molar-refractivity contribution in [2.45, 2.75) is 58.6 Å². The zero-order valence-electron chi connectivity index (χ0n) is 13.3. The summed E-state index contributed by atoms with van der Waals surface area (Å²) in [5.74, 6) is 0.734. The highest BCUT2D eigenvalue weighted by atomic mass is 16.6. The number of hydrogen-bond acceptors (Lipinski definition) is 4. The smallest absolute Gasteiger partial charge is 0.407 e. The first-order chi connectivity index (χ1) is 9.37. The fourth-order valence-electron chi connectivity index (χ4n) is 2.16. The van der Waals surface area contributed by atoms with Gasteiger partial charge in [-0.25, -0.2) is 4.79 Å². The van der Waals surface area contributed by atoms with Gasteiger partial charge >= 0.3 is 6.09 Å². The molecule has 1 aliphatic heterocycles. The Kier molecular flexibility index (Phi) is 7.30. The van der Waals surface area contributed by atoms with Crippen LogP contribution in [0.1, 0.15) is 47.0 Å². The molecule has 1 fully saturated rings. The number of rotatable bonds is 6. The number of nitrogens with one attached hydrogen (secondary N) is 2. The molecule has 0 aromatic carbocycles. The minimum atomic E-state index is -0.439. The van der Waals surface area contributed by atoms with Gasteiger partial charge < -0.3 is 20.1 Å². The molecule has 0 saturated carbocycles. The molecular weight excluding hydrogens is 256 g/mol. The van der Waals surface area contributed by atoms with Crippen molar-refractivity contribution >= 4 is 6.09 Å². The van der Waals surface area contributed by atoms with Gasteiger partial charge in [-0.1, -0.05) is 0 Å². The zero-order chi connectivity index (χ0) is 15.0. The van der Waals surface area contributed by atoms with Crippen LogP contribution in [0.2, 0.25) is 0 Å². The van der Waals surface area contributed by atoms with E-state index in [-0.39, 0.29) is 12.1 Å². The highest BCUT2D eigenvalue weighted by molar-refractivity contribution is 5.67. The maximum Gasteiger partial charge on any atom is 0.407 e. The van der Waals surface area contributed by atoms with Crippen LogP contribution in [-0.2, 0) is 9.47 Å². The minimum absolute atomic E-state index is 0.118. The quantitative estimate of drug-likeness (QED) is 0.736. The number of amides is 1. The summed E-state index contributed by atoms with van der Waals surface area (Å²) in [6, 6.07) is 0.118. The highest BCUT2D eigenvalue weighted by Gasteiger charge is 2.17. The number of hydrogen-bond donors (Lipinski definition) is 2. The molecule has 0 aliphatic carbocycles. The van der Waals surface area contributed by atoms with Crippen LogP contribution in [0.3, 0.4) is 0 Å². The molecular formula is C15H30N2O3. The Labute approximate surface area is 122 Å². The molecule has 1 aliphatic rings. The van der Waals surface area contributed by atoms with Gasteiger partial charge in [0.05, 0.1) is 0 Å². The van der Waals surface area contributed by atoms with Gasteiger partial charge in [0.15, 0.2) is 0 Å². The first kappa shape index (κ1) is 17.2. The second-order valence-corrected chi connectivity index (χ2v) is 6.60. The van der Waals surface area contributed by atoms with Crippen LogP contribution < -0.4 is 10.6 Å². The summed E-state index contributed by atoms with van der Waals surface area (Å²) >= 11 is 0. The fourth-order valence-corrected chi connectivity index (χ4v) is 2.16. The van der Waals surface area contributed by atoms with E-state index in [1.165, 1.54) is 0 Å². The van der Waals surface area contributed by atoms with E-state index in [0.717, 1.165) is 51.5 Å². The molecule has 0 radical (unpaired) electrons. The van der Waals surface area contributed by atoms with Gasteiger partial charge in [0.2, 0.25) is 0 Å². The summed E-state index contributed by atoms with van der Waals surface area (Å²) in [7, 11) is 0. The Morgan fingerprint density at radius 2 is 2.00 bits per heavy atom. The van der Waals surface area contributed by atoms with E-state index < -0.39 is 5.60 Å². The van der Waals surface area contributed by atoms with Crippen molar-refractivity contribution in [1.82, 2.24) is 10.6 Å². The van der Waals surface area contributed by atoms with E-state index in [1.807, 2.05) is 27.7 Å². The van der Waals surface area contributed by atoms with Gasteiger partial charge in [-0.05, 0) is 66.0 Å². The fraction of sp³-hybridized carbons (Fsp3) is 0.933. The van der Waals surface area contributed by atoms with Crippen molar-refractivity contribution in [3.63, 3.8) is 0 Å². The maximum absolute atomic E-state index is 11.6. The van der Waals surface area contributed by atoms with Crippen LogP contribution in [0, 0.1) is 5.92 Å². The number of alkyl carbamates (subject to hydrolysis) is 1. The highest BCUT2D eigenvalue weighted by Crippen LogP contribution is 2.13. The second kappa shape index (κ2) is 8.47. The van der Waals surface area contributed by atoms with Crippen LogP contribution >= 0.6 is 0 Å². The summed E-state index contributed by atoms with van der Waals surface area (Å²) in [4.78, 5) is 11.6. The molecule has 1 atom stereocenters. The third-order valence-electron chi connectivity index (χ3n) is 3.29. The Morgan fingerprint density at radius 3 is 2.60 bits per heavy atom. The number of ether oxygens (including phenoxy) is 2. The lowest BCUT2D eigenvalue weighted by molar-refractivity contribution is 0.0505. The predicted molar refractivity (Wildman–Crippen MR) is 79.9 cm³/mol. The summed E-state index contributed by atoms with van der Waals surface area (Å²) in [5.41, 5.74) is -0.439. The first-order valence-electron chi connectivity index (χ1n) is 7.65. The SMILES string of the molecule is CC(CCNCC1CCOCC1)NC(=O)OC(C)(C)C. The molecule has 1 unspecified atom stereocenters. The average molecular weight is 286 g/mol. The molecule has 5 nitrogen and oxygen atoms in total. The molecule has 5 heteroatoms. The summed E-state index contributed by atoms with van der Waals surface area (Å²) in [5, 5.41) is 6.31. The van der Waals surface area contributed by atoms with E-state index in [2.05, 4.69) is 10.6 Å². The Balaban J connectivity index is 2.04. The molecule has 1 amide bonds. The largest absolute Gasteiger partial charge is 0.444 e. The van der Waals surface area contributed by atoms with Crippen molar-refractivity contribution in [3.8, 4) is 0 Å². The van der Waals surface area contributed by atoms with Crippen molar-refractivity contribution in [1.29, 1.82) is 0 Å². The Morgan fingerprint density at radius 1 is 1.35 bits per heavy atom. The second-order valence-electron chi connectivity index (χ2n) is 6.60. The van der Waals surface area contributed by atoms with Crippen molar-refractivity contribution in [2.24, 2.45) is 5.92 Å². The molecule has 0 aromatic rings. The van der Waals surface area contributed by atoms with Crippen LogP contribution in [0.5, 0.6) is 0 Å². The van der Waals surface area contributed by atoms with Gasteiger partial charge in [-0.15, -0.1) is 0 Å². The Bertz CT molecular complexity index is 283. The van der Waals surface area contributed by atoms with Gasteiger partial charge in [0.1, 0.15) is 5.60 Å². The predicted octanol–water partition coefficient (Wildman–Crippen LogP) is 2.31. The molecule has 0 spiro atoms. The number of carbonyl (C=O) groups is 1. The third kappa shape index (κ3) is 8.38. The van der Waals surface area contributed by atoms with Crippen molar-refractivity contribution in [3.05, 3.63) is 0 Å². The van der Waals surface area contributed by atoms with Gasteiger partial charge in [-0.2, -0.15) is 0 Å². The van der Waals surface area contributed by atoms with Crippen LogP contribution in [0.25, 0.3) is 0 Å². The van der Waals surface area contributed by atoms with E-state index in [1.54, 1.807) is 0 Å². The van der Waals surface area contributed by atoms with Crippen LogP contribution in [0.4, 0.5) is 4.79 Å². The summed E-state index contributed by atoms with van der Waals surface area (Å²) in [6.07, 6.45) is 2.87. The lowest BCUT2D eigenvalue weighted by Crippen LogP contribution is -2.39. The Hall–Kier alpha value is -0.810. The van der Waals surface area contributed by atoms with Crippen molar-refractivity contribution in [2.75, 3.05) is 26.3 Å². The molecule has 1 heterocycles. The maximum atomic E-state index is 11.6. The van der Waals surface area contributed by atoms with Gasteiger partial charge in [0, 0.05) is 19.3 Å². The molecule has 1 rings (SSSR count). The molecule has 118 valence electrons. The number of carbonyl (C=O) groups excluding carboxylic acids is 1. The van der Waals surface area contributed by atoms with E-state index in [9.17, 15) is 4.79 Å². The lowest BCUT2D eigenvalue weighted by Gasteiger charge is -2.23. The van der Waals surface area contributed by atoms with Gasteiger partial charge in [0.25, 0.3) is 0 Å². The summed E-state index contributed by atoms with van der Waals surface area (Å²) < 4.78 is 10.6. The topological polar surface area (TPSA) is 59.6 Å². The molecule has 0 bridgehead atoms. The standard InChI is InChI=1S/C15H30N2O3/c1-12(17-14(18)20-15(2,3)4)5-8-16-11-13-6-9-19-10-7-13/h12-13,16H,5-11H2,1-4H3,(H,17,18). The monoisotopic (exact) mass is 286 g/mol. The average Bonchev–Trinajstić information content (AvgIpc) is 2.33. The lowest BCUT2D eigenvalue weighted by atomic mass is 10.0. The van der Waals surface area contributed by atoms with Crippen LogP contribution in [0.15, 0.2) is 0 Å². The zero-order valence-corrected chi connectivity index (χ0v) is 13.3. The van der Waals surface area contributed by atoms with E-state index >= 15 is 0 Å². The normalized spacial score (nSPS) is 18.6. The van der Waals surface area contributed by atoms with Gasteiger partial charge in [-0.3, -0.25) is 0 Å². The molecule has 1 saturated heterocycles. The van der Waals surface area contributed by atoms with Crippen molar-refractivity contribution < 1.29 is 14.3 Å². The molecule has 20 heavy (non-hydrogen) atoms. The van der Waals surface area contributed by atoms with Crippen LogP contribution in [-0.4, -0.2) is 44.0 Å². The first-order valence-corrected chi connectivity index (χ1v) is 7.65.